The van der Waals surface area contributed by atoms with Gasteiger partial charge in [0.25, 0.3) is 0 Å². The zero-order chi connectivity index (χ0) is 11.9. The van der Waals surface area contributed by atoms with Gasteiger partial charge in [-0.05, 0) is 69.8 Å². The third-order valence-electron chi connectivity index (χ3n) is 1.80. The van der Waals surface area contributed by atoms with Gasteiger partial charge in [-0.2, -0.15) is 0 Å². The van der Waals surface area contributed by atoms with Crippen molar-refractivity contribution in [3.63, 3.8) is 0 Å². The van der Waals surface area contributed by atoms with Gasteiger partial charge in [0, 0.05) is 15.4 Å². The second kappa shape index (κ2) is 5.32. The van der Waals surface area contributed by atoms with Crippen LogP contribution in [0.1, 0.15) is 15.2 Å². The fourth-order valence-electron chi connectivity index (χ4n) is 1.09. The Morgan fingerprint density at radius 1 is 1.19 bits per heavy atom. The minimum atomic E-state index is 0.0244. The van der Waals surface area contributed by atoms with Crippen molar-refractivity contribution < 1.29 is 4.79 Å². The molecular weight excluding hydrogens is 508 g/mol. The van der Waals surface area contributed by atoms with E-state index < -0.39 is 0 Å². The van der Waals surface area contributed by atoms with Crippen LogP contribution in [0, 0.1) is 0 Å². The number of ketones is 1. The van der Waals surface area contributed by atoms with E-state index in [1.54, 1.807) is 0 Å². The van der Waals surface area contributed by atoms with Gasteiger partial charge in [0.15, 0.2) is 0 Å². The predicted octanol–water partition coefficient (Wildman–Crippen LogP) is 6.09. The highest BCUT2D eigenvalue weighted by Gasteiger charge is 2.20. The summed E-state index contributed by atoms with van der Waals surface area (Å²) in [5, 5.41) is 1.90. The minimum Gasteiger partial charge on any atom is -0.288 e. The third kappa shape index (κ3) is 2.54. The molecule has 2 aromatic heterocycles. The van der Waals surface area contributed by atoms with Gasteiger partial charge >= 0.3 is 0 Å². The van der Waals surface area contributed by atoms with Crippen molar-refractivity contribution in [3.05, 3.63) is 38.4 Å². The van der Waals surface area contributed by atoms with Crippen molar-refractivity contribution in [2.75, 3.05) is 0 Å². The van der Waals surface area contributed by atoms with Gasteiger partial charge in [0.2, 0.25) is 5.78 Å². The smallest absolute Gasteiger partial charge is 0.206 e. The Labute approximate surface area is 134 Å². The Morgan fingerprint density at radius 2 is 1.88 bits per heavy atom. The molecule has 7 heteroatoms. The van der Waals surface area contributed by atoms with Gasteiger partial charge in [-0.25, -0.2) is 0 Å². The molecule has 0 fully saturated rings. The maximum absolute atomic E-state index is 12.2. The summed E-state index contributed by atoms with van der Waals surface area (Å²) in [6.07, 6.45) is 0. The molecular formula is C9H2Br4OS2. The molecule has 0 N–H and O–H groups in total. The van der Waals surface area contributed by atoms with Crippen LogP contribution in [0.15, 0.2) is 28.0 Å². The molecule has 0 saturated heterocycles. The Hall–Kier alpha value is 0.990. The summed E-state index contributed by atoms with van der Waals surface area (Å²) in [6.45, 7) is 0. The first-order valence-electron chi connectivity index (χ1n) is 3.92. The second-order valence-corrected chi connectivity index (χ2v) is 9.07. The summed E-state index contributed by atoms with van der Waals surface area (Å²) >= 11 is 16.4. The lowest BCUT2D eigenvalue weighted by atomic mass is 10.2. The summed E-state index contributed by atoms with van der Waals surface area (Å²) < 4.78 is 3.51. The van der Waals surface area contributed by atoms with Gasteiger partial charge in [-0.3, -0.25) is 4.79 Å². The van der Waals surface area contributed by atoms with Gasteiger partial charge in [0.1, 0.15) is 0 Å². The highest BCUT2D eigenvalue weighted by molar-refractivity contribution is 9.13. The van der Waals surface area contributed by atoms with Crippen molar-refractivity contribution in [2.45, 2.75) is 0 Å². The number of hydrogen-bond acceptors (Lipinski definition) is 3. The van der Waals surface area contributed by atoms with Crippen LogP contribution in [0.5, 0.6) is 0 Å². The lowest BCUT2D eigenvalue weighted by Gasteiger charge is -1.96. The van der Waals surface area contributed by atoms with Crippen molar-refractivity contribution in [3.8, 4) is 0 Å². The summed E-state index contributed by atoms with van der Waals surface area (Å²) in [4.78, 5) is 12.9. The maximum atomic E-state index is 12.2. The van der Waals surface area contributed by atoms with E-state index in [-0.39, 0.29) is 5.78 Å². The lowest BCUT2D eigenvalue weighted by molar-refractivity contribution is 0.104. The van der Waals surface area contributed by atoms with Gasteiger partial charge in [-0.15, -0.1) is 22.7 Å². The van der Waals surface area contributed by atoms with Crippen LogP contribution in [-0.2, 0) is 0 Å². The Bertz CT molecular complexity index is 554. The molecule has 0 aromatic carbocycles. The van der Waals surface area contributed by atoms with Crippen LogP contribution in [0.3, 0.4) is 0 Å². The Morgan fingerprint density at radius 3 is 2.31 bits per heavy atom. The zero-order valence-corrected chi connectivity index (χ0v) is 15.4. The number of halogens is 4. The molecule has 0 aliphatic carbocycles. The van der Waals surface area contributed by atoms with E-state index in [2.05, 4.69) is 63.7 Å². The van der Waals surface area contributed by atoms with Crippen LogP contribution in [0.4, 0.5) is 0 Å². The molecule has 16 heavy (non-hydrogen) atoms. The van der Waals surface area contributed by atoms with Crippen LogP contribution in [0.2, 0.25) is 0 Å². The lowest BCUT2D eigenvalue weighted by Crippen LogP contribution is -1.98. The summed E-state index contributed by atoms with van der Waals surface area (Å²) in [5.74, 6) is 0.0244. The molecule has 84 valence electrons. The molecule has 0 aliphatic heterocycles. The monoisotopic (exact) mass is 506 g/mol. The molecule has 0 aliphatic rings. The Kier molecular flexibility index (Phi) is 4.46. The first kappa shape index (κ1) is 13.4. The van der Waals surface area contributed by atoms with E-state index in [0.29, 0.717) is 10.4 Å². The number of carbonyl (C=O) groups excluding carboxylic acids is 1. The van der Waals surface area contributed by atoms with Crippen molar-refractivity contribution in [1.29, 1.82) is 0 Å². The zero-order valence-electron chi connectivity index (χ0n) is 7.39. The molecule has 0 spiro atoms. The van der Waals surface area contributed by atoms with E-state index in [1.807, 2.05) is 11.4 Å². The second-order valence-electron chi connectivity index (χ2n) is 2.79. The topological polar surface area (TPSA) is 17.1 Å². The van der Waals surface area contributed by atoms with Gasteiger partial charge < -0.3 is 0 Å². The standard InChI is InChI=1S/C9H2Br4OS2/c10-4-2-15-8(6(4)12)7(14)3-1-5(11)16-9(3)13/h1-2H. The molecule has 0 radical (unpaired) electrons. The minimum absolute atomic E-state index is 0.0244. The van der Waals surface area contributed by atoms with Crippen molar-refractivity contribution >= 4 is 92.2 Å². The van der Waals surface area contributed by atoms with Crippen LogP contribution in [-0.4, -0.2) is 5.78 Å². The van der Waals surface area contributed by atoms with Crippen LogP contribution in [0.25, 0.3) is 0 Å². The average Bonchev–Trinajstić information content (AvgIpc) is 2.71. The van der Waals surface area contributed by atoms with Crippen LogP contribution >= 0.6 is 86.4 Å². The molecule has 0 unspecified atom stereocenters. The fourth-order valence-corrected chi connectivity index (χ4v) is 5.99. The normalized spacial score (nSPS) is 10.8. The highest BCUT2D eigenvalue weighted by atomic mass is 79.9. The molecule has 0 atom stereocenters. The fraction of sp³-hybridized carbons (Fsp3) is 0. The molecule has 1 nitrogen and oxygen atoms in total. The third-order valence-corrected chi connectivity index (χ3v) is 7.66. The molecule has 2 heterocycles. The van der Waals surface area contributed by atoms with E-state index in [4.69, 9.17) is 0 Å². The first-order chi connectivity index (χ1) is 7.50. The first-order valence-corrected chi connectivity index (χ1v) is 8.79. The number of rotatable bonds is 2. The van der Waals surface area contributed by atoms with Crippen molar-refractivity contribution in [1.82, 2.24) is 0 Å². The molecule has 0 saturated carbocycles. The number of carbonyl (C=O) groups is 1. The van der Waals surface area contributed by atoms with Gasteiger partial charge in [-0.1, -0.05) is 0 Å². The molecule has 2 rings (SSSR count). The molecule has 2 aromatic rings. The average molecular weight is 510 g/mol. The molecule has 0 bridgehead atoms. The summed E-state index contributed by atoms with van der Waals surface area (Å²) in [7, 11) is 0. The van der Waals surface area contributed by atoms with E-state index in [9.17, 15) is 4.79 Å². The number of hydrogen-bond donors (Lipinski definition) is 0. The van der Waals surface area contributed by atoms with E-state index in [0.717, 1.165) is 16.5 Å². The van der Waals surface area contributed by atoms with E-state index >= 15 is 0 Å². The highest BCUT2D eigenvalue weighted by Crippen LogP contribution is 2.38. The van der Waals surface area contributed by atoms with Gasteiger partial charge in [0.05, 0.1) is 16.9 Å². The predicted molar refractivity (Wildman–Crippen MR) is 82.9 cm³/mol. The van der Waals surface area contributed by atoms with Crippen molar-refractivity contribution in [2.24, 2.45) is 0 Å². The van der Waals surface area contributed by atoms with E-state index in [1.165, 1.54) is 22.7 Å². The largest absolute Gasteiger partial charge is 0.288 e. The number of thiophene rings is 2. The Balaban J connectivity index is 2.47. The van der Waals surface area contributed by atoms with Crippen LogP contribution < -0.4 is 0 Å². The SMILES string of the molecule is O=C(c1cc(Br)sc1Br)c1scc(Br)c1Br. The quantitative estimate of drug-likeness (QED) is 0.448. The summed E-state index contributed by atoms with van der Waals surface area (Å²) in [6, 6.07) is 1.83. The summed E-state index contributed by atoms with van der Waals surface area (Å²) in [5.41, 5.74) is 0.687. The molecule has 0 amide bonds. The maximum Gasteiger partial charge on any atom is 0.206 e.